The minimum atomic E-state index is -4.74. The standard InChI is InChI=1S/C33H38F3N7O3/c1-21-19-41(28(20-44)24-5-4-6-25(17-24)40-13-11-37-12-14-40)15-16-42(21)32(45)27-18-38-43-30(33(34,35)36)22(2)29(39-31(27)43)23-7-9-26(46-3)10-8-23/h4-10,17-18,21,28,37,44H,11-16,19-20H2,1-3H3/t21-,28-/m1/s1. The van der Waals surface area contributed by atoms with Gasteiger partial charge in [0.15, 0.2) is 11.3 Å². The van der Waals surface area contributed by atoms with Gasteiger partial charge in [-0.05, 0) is 55.8 Å². The van der Waals surface area contributed by atoms with Crippen LogP contribution in [0.3, 0.4) is 0 Å². The van der Waals surface area contributed by atoms with Gasteiger partial charge in [0.25, 0.3) is 5.91 Å². The molecule has 2 fully saturated rings. The summed E-state index contributed by atoms with van der Waals surface area (Å²) in [6.45, 7) is 8.13. The minimum Gasteiger partial charge on any atom is -0.497 e. The topological polar surface area (TPSA) is 98.5 Å². The molecule has 0 saturated carbocycles. The van der Waals surface area contributed by atoms with E-state index in [1.54, 1.807) is 29.2 Å². The lowest BCUT2D eigenvalue weighted by atomic mass is 10.0. The van der Waals surface area contributed by atoms with Gasteiger partial charge >= 0.3 is 6.18 Å². The van der Waals surface area contributed by atoms with Crippen LogP contribution in [0.1, 0.15) is 40.1 Å². The Balaban J connectivity index is 1.27. The molecule has 4 heterocycles. The van der Waals surface area contributed by atoms with Crippen molar-refractivity contribution in [3.63, 3.8) is 0 Å². The van der Waals surface area contributed by atoms with Crippen LogP contribution in [0.2, 0.25) is 0 Å². The Morgan fingerprint density at radius 1 is 1.11 bits per heavy atom. The summed E-state index contributed by atoms with van der Waals surface area (Å²) in [6.07, 6.45) is -3.56. The number of aliphatic hydroxyl groups is 1. The molecule has 0 aliphatic carbocycles. The highest BCUT2D eigenvalue weighted by atomic mass is 19.4. The maximum Gasteiger partial charge on any atom is 0.433 e. The van der Waals surface area contributed by atoms with Crippen molar-refractivity contribution in [3.8, 4) is 17.0 Å². The van der Waals surface area contributed by atoms with E-state index in [0.29, 0.717) is 30.9 Å². The van der Waals surface area contributed by atoms with Crippen molar-refractivity contribution in [3.05, 3.63) is 77.1 Å². The molecule has 2 saturated heterocycles. The third kappa shape index (κ3) is 6.02. The lowest BCUT2D eigenvalue weighted by Gasteiger charge is -2.43. The second kappa shape index (κ2) is 12.9. The molecule has 10 nitrogen and oxygen atoms in total. The van der Waals surface area contributed by atoms with Gasteiger partial charge in [0, 0.05) is 68.7 Å². The van der Waals surface area contributed by atoms with Gasteiger partial charge in [-0.1, -0.05) is 12.1 Å². The van der Waals surface area contributed by atoms with Gasteiger partial charge in [-0.2, -0.15) is 18.3 Å². The summed E-state index contributed by atoms with van der Waals surface area (Å²) in [5.41, 5.74) is 1.47. The van der Waals surface area contributed by atoms with Crippen molar-refractivity contribution < 1.29 is 27.8 Å². The molecule has 1 amide bonds. The van der Waals surface area contributed by atoms with Crippen molar-refractivity contribution in [2.75, 3.05) is 64.4 Å². The highest BCUT2D eigenvalue weighted by molar-refractivity contribution is 6.00. The molecule has 0 spiro atoms. The van der Waals surface area contributed by atoms with Gasteiger partial charge in [0.2, 0.25) is 0 Å². The van der Waals surface area contributed by atoms with E-state index in [-0.39, 0.29) is 41.2 Å². The maximum atomic E-state index is 14.4. The van der Waals surface area contributed by atoms with E-state index in [0.717, 1.165) is 41.9 Å². The minimum absolute atomic E-state index is 0.00277. The molecule has 4 aromatic rings. The van der Waals surface area contributed by atoms with Crippen LogP contribution >= 0.6 is 0 Å². The molecule has 6 rings (SSSR count). The summed E-state index contributed by atoms with van der Waals surface area (Å²) in [4.78, 5) is 24.7. The number of anilines is 1. The van der Waals surface area contributed by atoms with E-state index in [1.165, 1.54) is 20.2 Å². The monoisotopic (exact) mass is 637 g/mol. The molecule has 46 heavy (non-hydrogen) atoms. The Morgan fingerprint density at radius 3 is 2.50 bits per heavy atom. The van der Waals surface area contributed by atoms with E-state index < -0.39 is 17.8 Å². The number of amides is 1. The average Bonchev–Trinajstić information content (AvgIpc) is 3.47. The smallest absolute Gasteiger partial charge is 0.433 e. The third-order valence-electron chi connectivity index (χ3n) is 9.02. The highest BCUT2D eigenvalue weighted by Crippen LogP contribution is 2.37. The molecule has 2 atom stereocenters. The van der Waals surface area contributed by atoms with Crippen LogP contribution in [-0.2, 0) is 6.18 Å². The normalized spacial score (nSPS) is 18.6. The van der Waals surface area contributed by atoms with Crippen molar-refractivity contribution in [1.29, 1.82) is 0 Å². The molecule has 2 N–H and O–H groups in total. The fraction of sp³-hybridized carbons (Fsp3) is 0.424. The van der Waals surface area contributed by atoms with Crippen molar-refractivity contribution in [1.82, 2.24) is 29.7 Å². The number of ether oxygens (including phenoxy) is 1. The van der Waals surface area contributed by atoms with Crippen LogP contribution in [-0.4, -0.2) is 101 Å². The van der Waals surface area contributed by atoms with Gasteiger partial charge in [-0.25, -0.2) is 9.50 Å². The molecule has 244 valence electrons. The number of hydrogen-bond acceptors (Lipinski definition) is 8. The summed E-state index contributed by atoms with van der Waals surface area (Å²) in [6, 6.07) is 14.3. The number of methoxy groups -OCH3 is 1. The second-order valence-electron chi connectivity index (χ2n) is 11.8. The number of rotatable bonds is 7. The first-order chi connectivity index (χ1) is 22.1. The average molecular weight is 638 g/mol. The number of carbonyl (C=O) groups excluding carboxylic acids is 1. The van der Waals surface area contributed by atoms with E-state index in [1.807, 2.05) is 19.1 Å². The van der Waals surface area contributed by atoms with Gasteiger partial charge in [-0.15, -0.1) is 0 Å². The fourth-order valence-corrected chi connectivity index (χ4v) is 6.60. The molecular formula is C33H38F3N7O3. The van der Waals surface area contributed by atoms with Crippen molar-refractivity contribution in [2.45, 2.75) is 32.1 Å². The van der Waals surface area contributed by atoms with E-state index >= 15 is 0 Å². The summed E-state index contributed by atoms with van der Waals surface area (Å²) in [7, 11) is 1.51. The fourth-order valence-electron chi connectivity index (χ4n) is 6.60. The van der Waals surface area contributed by atoms with Crippen LogP contribution < -0.4 is 15.0 Å². The Bertz CT molecular complexity index is 1700. The second-order valence-corrected chi connectivity index (χ2v) is 11.8. The zero-order valence-electron chi connectivity index (χ0n) is 26.1. The van der Waals surface area contributed by atoms with Crippen LogP contribution in [0.15, 0.2) is 54.7 Å². The summed E-state index contributed by atoms with van der Waals surface area (Å²) in [5.74, 6) is 0.121. The van der Waals surface area contributed by atoms with Gasteiger partial charge in [-0.3, -0.25) is 9.69 Å². The summed E-state index contributed by atoms with van der Waals surface area (Å²) in [5, 5.41) is 17.8. The number of benzene rings is 2. The molecule has 2 aliphatic rings. The van der Waals surface area contributed by atoms with Crippen LogP contribution in [0.5, 0.6) is 5.75 Å². The lowest BCUT2D eigenvalue weighted by molar-refractivity contribution is -0.143. The number of hydrogen-bond donors (Lipinski definition) is 2. The zero-order chi connectivity index (χ0) is 32.6. The van der Waals surface area contributed by atoms with E-state index in [2.05, 4.69) is 37.3 Å². The number of carbonyl (C=O) groups is 1. The summed E-state index contributed by atoms with van der Waals surface area (Å²) < 4.78 is 49.1. The number of nitrogens with zero attached hydrogens (tertiary/aromatic N) is 6. The predicted octanol–water partition coefficient (Wildman–Crippen LogP) is 4.02. The number of alkyl halides is 3. The Labute approximate surface area is 265 Å². The van der Waals surface area contributed by atoms with Gasteiger partial charge < -0.3 is 25.0 Å². The van der Waals surface area contributed by atoms with Crippen molar-refractivity contribution >= 4 is 17.2 Å². The maximum absolute atomic E-state index is 14.4. The number of fused-ring (bicyclic) bond motifs is 1. The van der Waals surface area contributed by atoms with Gasteiger partial charge in [0.05, 0.1) is 31.6 Å². The molecule has 13 heteroatoms. The van der Waals surface area contributed by atoms with Crippen LogP contribution in [0.4, 0.5) is 18.9 Å². The first-order valence-corrected chi connectivity index (χ1v) is 15.4. The molecule has 2 aliphatic heterocycles. The highest BCUT2D eigenvalue weighted by Gasteiger charge is 2.40. The number of aliphatic hydroxyl groups excluding tert-OH is 1. The van der Waals surface area contributed by atoms with Crippen LogP contribution in [0.25, 0.3) is 16.9 Å². The summed E-state index contributed by atoms with van der Waals surface area (Å²) >= 11 is 0. The van der Waals surface area contributed by atoms with E-state index in [4.69, 9.17) is 4.74 Å². The molecule has 2 aromatic carbocycles. The van der Waals surface area contributed by atoms with E-state index in [9.17, 15) is 23.1 Å². The first kappa shape index (κ1) is 31.8. The Hall–Kier alpha value is -4.20. The Morgan fingerprint density at radius 2 is 1.85 bits per heavy atom. The molecule has 0 unspecified atom stereocenters. The van der Waals surface area contributed by atoms with Crippen LogP contribution in [0, 0.1) is 6.92 Å². The SMILES string of the molecule is COc1ccc(-c2nc3c(C(=O)N4CCN([C@H](CO)c5cccc(N6CCNCC6)c5)C[C@H]4C)cnn3c(C(F)(F)F)c2C)cc1. The number of piperazine rings is 2. The van der Waals surface area contributed by atoms with Crippen molar-refractivity contribution in [2.24, 2.45) is 0 Å². The molecule has 2 aromatic heterocycles. The number of halogens is 3. The molecule has 0 radical (unpaired) electrons. The lowest BCUT2D eigenvalue weighted by Crippen LogP contribution is -2.55. The molecular weight excluding hydrogens is 599 g/mol. The third-order valence-corrected chi connectivity index (χ3v) is 9.02. The largest absolute Gasteiger partial charge is 0.497 e. The molecule has 0 bridgehead atoms. The first-order valence-electron chi connectivity index (χ1n) is 15.4. The van der Waals surface area contributed by atoms with Gasteiger partial charge in [0.1, 0.15) is 11.3 Å². The zero-order valence-corrected chi connectivity index (χ0v) is 26.1. The predicted molar refractivity (Wildman–Crippen MR) is 168 cm³/mol. The Kier molecular flexibility index (Phi) is 8.90. The quantitative estimate of drug-likeness (QED) is 0.314. The number of nitrogens with one attached hydrogen (secondary N) is 1. The number of aromatic nitrogens is 3.